The van der Waals surface area contributed by atoms with E-state index in [0.717, 1.165) is 37.5 Å². The summed E-state index contributed by atoms with van der Waals surface area (Å²) in [4.78, 5) is 2.39. The number of nitrogens with zero attached hydrogens (tertiary/aromatic N) is 2. The molecule has 0 saturated carbocycles. The molecular weight excluding hydrogens is 345 g/mol. The lowest BCUT2D eigenvalue weighted by Gasteiger charge is -2.35. The van der Waals surface area contributed by atoms with Crippen LogP contribution < -0.4 is 10.1 Å². The number of benzene rings is 2. The molecule has 1 fully saturated rings. The topological polar surface area (TPSA) is 48.3 Å². The van der Waals surface area contributed by atoms with E-state index in [1.54, 1.807) is 7.11 Å². The molecule has 1 atom stereocenters. The molecule has 0 spiro atoms. The fourth-order valence-corrected chi connectivity index (χ4v) is 3.29. The highest BCUT2D eigenvalue weighted by Gasteiger charge is 2.26. The number of nitriles is 1. The van der Waals surface area contributed by atoms with Gasteiger partial charge in [0, 0.05) is 31.7 Å². The highest BCUT2D eigenvalue weighted by molar-refractivity contribution is 5.88. The number of nitrogens with one attached hydrogen (secondary N) is 1. The monoisotopic (exact) mass is 367 g/mol. The molecule has 1 aliphatic rings. The van der Waals surface area contributed by atoms with Gasteiger partial charge in [-0.1, -0.05) is 30.3 Å². The summed E-state index contributed by atoms with van der Waals surface area (Å²) in [6.07, 6.45) is 0.477. The SMILES string of the molecule is COc1ccc2ccccc2c1[C@H](CC#N)N1CCNCC1.Cl.Cl. The smallest absolute Gasteiger partial charge is 0.124 e. The molecule has 4 nitrogen and oxygen atoms in total. The summed E-state index contributed by atoms with van der Waals surface area (Å²) in [5.41, 5.74) is 1.14. The van der Waals surface area contributed by atoms with Gasteiger partial charge in [-0.25, -0.2) is 0 Å². The third-order valence-corrected chi connectivity index (χ3v) is 4.36. The third kappa shape index (κ3) is 4.12. The van der Waals surface area contributed by atoms with Gasteiger partial charge < -0.3 is 10.1 Å². The average Bonchev–Trinajstić information content (AvgIpc) is 2.59. The molecule has 3 rings (SSSR count). The standard InChI is InChI=1S/C18H21N3O.2ClH/c1-22-17-7-6-14-4-2-3-5-15(14)18(17)16(8-9-19)21-12-10-20-11-13-21;;/h2-7,16,20H,8,10-13H2,1H3;2*1H/t16-;;/m0../s1. The number of methoxy groups -OCH3 is 1. The average molecular weight is 368 g/mol. The zero-order valence-electron chi connectivity index (χ0n) is 13.7. The van der Waals surface area contributed by atoms with Crippen molar-refractivity contribution < 1.29 is 4.74 Å². The Labute approximate surface area is 155 Å². The van der Waals surface area contributed by atoms with Crippen molar-refractivity contribution in [3.63, 3.8) is 0 Å². The molecule has 0 aliphatic carbocycles. The summed E-state index contributed by atoms with van der Waals surface area (Å²) in [5.74, 6) is 0.873. The van der Waals surface area contributed by atoms with Crippen LogP contribution in [0.15, 0.2) is 36.4 Å². The summed E-state index contributed by atoms with van der Waals surface area (Å²) in [5, 5.41) is 15.1. The van der Waals surface area contributed by atoms with Gasteiger partial charge in [0.1, 0.15) is 5.75 Å². The molecule has 130 valence electrons. The minimum atomic E-state index is 0. The molecular formula is C18H23Cl2N3O. The molecule has 0 amide bonds. The van der Waals surface area contributed by atoms with E-state index in [9.17, 15) is 5.26 Å². The Morgan fingerprint density at radius 3 is 2.54 bits per heavy atom. The van der Waals surface area contributed by atoms with Gasteiger partial charge in [0.25, 0.3) is 0 Å². The van der Waals surface area contributed by atoms with Crippen molar-refractivity contribution in [1.82, 2.24) is 10.2 Å². The predicted octanol–water partition coefficient (Wildman–Crippen LogP) is 3.55. The van der Waals surface area contributed by atoms with Gasteiger partial charge in [0.2, 0.25) is 0 Å². The molecule has 0 bridgehead atoms. The lowest BCUT2D eigenvalue weighted by Crippen LogP contribution is -2.45. The minimum absolute atomic E-state index is 0. The van der Waals surface area contributed by atoms with Gasteiger partial charge in [-0.05, 0) is 16.8 Å². The van der Waals surface area contributed by atoms with Crippen LogP contribution in [0.1, 0.15) is 18.0 Å². The second kappa shape index (κ2) is 9.71. The Balaban J connectivity index is 0.00000144. The van der Waals surface area contributed by atoms with E-state index >= 15 is 0 Å². The first kappa shape index (κ1) is 20.5. The lowest BCUT2D eigenvalue weighted by molar-refractivity contribution is 0.174. The van der Waals surface area contributed by atoms with Crippen LogP contribution in [0, 0.1) is 11.3 Å². The first-order chi connectivity index (χ1) is 10.8. The Morgan fingerprint density at radius 1 is 1.17 bits per heavy atom. The maximum absolute atomic E-state index is 9.33. The number of hydrogen-bond acceptors (Lipinski definition) is 4. The zero-order valence-corrected chi connectivity index (χ0v) is 15.3. The second-order valence-corrected chi connectivity index (χ2v) is 5.57. The van der Waals surface area contributed by atoms with Crippen molar-refractivity contribution in [2.75, 3.05) is 33.3 Å². The molecule has 0 radical (unpaired) electrons. The number of ether oxygens (including phenoxy) is 1. The van der Waals surface area contributed by atoms with E-state index < -0.39 is 0 Å². The molecule has 2 aromatic carbocycles. The highest BCUT2D eigenvalue weighted by atomic mass is 35.5. The molecule has 0 aromatic heterocycles. The first-order valence-electron chi connectivity index (χ1n) is 7.72. The van der Waals surface area contributed by atoms with Crippen LogP contribution in [-0.2, 0) is 0 Å². The molecule has 1 aliphatic heterocycles. The van der Waals surface area contributed by atoms with Crippen molar-refractivity contribution in [3.05, 3.63) is 42.0 Å². The van der Waals surface area contributed by atoms with E-state index in [1.165, 1.54) is 10.8 Å². The highest BCUT2D eigenvalue weighted by Crippen LogP contribution is 2.37. The van der Waals surface area contributed by atoms with Crippen LogP contribution in [0.25, 0.3) is 10.8 Å². The number of piperazine rings is 1. The van der Waals surface area contributed by atoms with E-state index in [1.807, 2.05) is 18.2 Å². The fraction of sp³-hybridized carbons (Fsp3) is 0.389. The van der Waals surface area contributed by atoms with Crippen LogP contribution >= 0.6 is 24.8 Å². The number of halogens is 2. The maximum Gasteiger partial charge on any atom is 0.124 e. The molecule has 6 heteroatoms. The normalized spacial score (nSPS) is 15.7. The molecule has 0 unspecified atom stereocenters. The predicted molar refractivity (Wildman–Crippen MR) is 102 cm³/mol. The zero-order chi connectivity index (χ0) is 15.4. The number of hydrogen-bond donors (Lipinski definition) is 1. The summed E-state index contributed by atoms with van der Waals surface area (Å²) < 4.78 is 5.62. The van der Waals surface area contributed by atoms with Gasteiger partial charge in [0.15, 0.2) is 0 Å². The van der Waals surface area contributed by atoms with Crippen LogP contribution in [0.4, 0.5) is 0 Å². The third-order valence-electron chi connectivity index (χ3n) is 4.36. The van der Waals surface area contributed by atoms with Crippen molar-refractivity contribution >= 4 is 35.6 Å². The summed E-state index contributed by atoms with van der Waals surface area (Å²) in [6, 6.07) is 14.9. The van der Waals surface area contributed by atoms with E-state index in [-0.39, 0.29) is 30.9 Å². The van der Waals surface area contributed by atoms with Crippen molar-refractivity contribution in [1.29, 1.82) is 5.26 Å². The number of fused-ring (bicyclic) bond motifs is 1. The molecule has 1 heterocycles. The lowest BCUT2D eigenvalue weighted by atomic mass is 9.94. The quantitative estimate of drug-likeness (QED) is 0.897. The maximum atomic E-state index is 9.33. The summed E-state index contributed by atoms with van der Waals surface area (Å²) in [6.45, 7) is 3.85. The van der Waals surface area contributed by atoms with Crippen molar-refractivity contribution in [2.45, 2.75) is 12.5 Å². The van der Waals surface area contributed by atoms with Crippen molar-refractivity contribution in [2.24, 2.45) is 0 Å². The van der Waals surface area contributed by atoms with Crippen LogP contribution in [0.2, 0.25) is 0 Å². The Morgan fingerprint density at radius 2 is 1.88 bits per heavy atom. The summed E-state index contributed by atoms with van der Waals surface area (Å²) >= 11 is 0. The van der Waals surface area contributed by atoms with Crippen molar-refractivity contribution in [3.8, 4) is 11.8 Å². The van der Waals surface area contributed by atoms with E-state index in [2.05, 4.69) is 34.5 Å². The van der Waals surface area contributed by atoms with Crippen LogP contribution in [0.3, 0.4) is 0 Å². The Bertz CT molecular complexity index is 696. The minimum Gasteiger partial charge on any atom is -0.496 e. The number of rotatable bonds is 4. The van der Waals surface area contributed by atoms with Crippen LogP contribution in [0.5, 0.6) is 5.75 Å². The second-order valence-electron chi connectivity index (χ2n) is 5.57. The molecule has 24 heavy (non-hydrogen) atoms. The largest absolute Gasteiger partial charge is 0.496 e. The Kier molecular flexibility index (Phi) is 8.30. The Hall–Kier alpha value is -1.51. The van der Waals surface area contributed by atoms with Gasteiger partial charge in [-0.2, -0.15) is 5.26 Å². The summed E-state index contributed by atoms with van der Waals surface area (Å²) in [7, 11) is 1.70. The molecule has 1 saturated heterocycles. The first-order valence-corrected chi connectivity index (χ1v) is 7.72. The van der Waals surface area contributed by atoms with E-state index in [0.29, 0.717) is 6.42 Å². The van der Waals surface area contributed by atoms with Crippen LogP contribution in [-0.4, -0.2) is 38.2 Å². The molecule has 2 aromatic rings. The van der Waals surface area contributed by atoms with E-state index in [4.69, 9.17) is 4.74 Å². The van der Waals surface area contributed by atoms with Gasteiger partial charge in [-0.15, -0.1) is 24.8 Å². The fourth-order valence-electron chi connectivity index (χ4n) is 3.29. The van der Waals surface area contributed by atoms with Gasteiger partial charge in [-0.3, -0.25) is 4.90 Å². The molecule has 1 N–H and O–H groups in total. The van der Waals surface area contributed by atoms with Gasteiger partial charge >= 0.3 is 0 Å². The van der Waals surface area contributed by atoms with Gasteiger partial charge in [0.05, 0.1) is 25.6 Å².